The van der Waals surface area contributed by atoms with Gasteiger partial charge in [-0.15, -0.1) is 0 Å². The molecule has 0 aliphatic carbocycles. The Morgan fingerprint density at radius 1 is 1.16 bits per heavy atom. The van der Waals surface area contributed by atoms with Crippen molar-refractivity contribution in [1.82, 2.24) is 10.9 Å². The monoisotopic (exact) mass is 280 g/mol. The summed E-state index contributed by atoms with van der Waals surface area (Å²) in [6.07, 6.45) is 0. The number of hydrogen-bond acceptors (Lipinski definition) is 5. The van der Waals surface area contributed by atoms with Crippen molar-refractivity contribution in [3.8, 4) is 6.07 Å². The molecule has 1 fully saturated rings. The molecule has 0 bridgehead atoms. The Bertz CT molecular complexity index is 581. The molecule has 6 nitrogen and oxygen atoms in total. The van der Waals surface area contributed by atoms with Gasteiger partial charge in [0.25, 0.3) is 0 Å². The molecule has 7 heteroatoms. The predicted molar refractivity (Wildman–Crippen MR) is 72.7 cm³/mol. The largest absolute Gasteiger partial charge is 0.283 e. The third kappa shape index (κ3) is 2.87. The van der Waals surface area contributed by atoms with Crippen LogP contribution in [0.25, 0.3) is 0 Å². The van der Waals surface area contributed by atoms with Gasteiger partial charge < -0.3 is 0 Å². The first-order chi connectivity index (χ1) is 8.94. The third-order valence-electron chi connectivity index (χ3n) is 3.16. The Kier molecular flexibility index (Phi) is 3.75. The predicted octanol–water partition coefficient (Wildman–Crippen LogP) is 0.553. The van der Waals surface area contributed by atoms with Crippen LogP contribution < -0.4 is 15.6 Å². The standard InChI is InChI=1S/C12H16N4O2S/c1-8-12(9(2)15-14-8)19(17,18)16-11-5-3-10(7-13)4-6-11/h3-6,8-9,12,14-16H,1-2H3. The summed E-state index contributed by atoms with van der Waals surface area (Å²) in [6.45, 7) is 3.64. The summed E-state index contributed by atoms with van der Waals surface area (Å²) in [6, 6.07) is 7.97. The normalized spacial score (nSPS) is 26.9. The lowest BCUT2D eigenvalue weighted by molar-refractivity contribution is 0.564. The van der Waals surface area contributed by atoms with E-state index in [1.54, 1.807) is 24.3 Å². The summed E-state index contributed by atoms with van der Waals surface area (Å²) in [5.74, 6) is 0. The molecule has 102 valence electrons. The first-order valence-electron chi connectivity index (χ1n) is 5.97. The first kappa shape index (κ1) is 13.8. The Morgan fingerprint density at radius 2 is 1.68 bits per heavy atom. The summed E-state index contributed by atoms with van der Waals surface area (Å²) in [5, 5.41) is 8.15. The summed E-state index contributed by atoms with van der Waals surface area (Å²) < 4.78 is 27.2. The van der Waals surface area contributed by atoms with E-state index in [1.807, 2.05) is 19.9 Å². The summed E-state index contributed by atoms with van der Waals surface area (Å²) in [7, 11) is -3.49. The summed E-state index contributed by atoms with van der Waals surface area (Å²) in [4.78, 5) is 0. The van der Waals surface area contributed by atoms with Gasteiger partial charge in [-0.1, -0.05) is 0 Å². The van der Waals surface area contributed by atoms with Crippen molar-refractivity contribution in [2.24, 2.45) is 0 Å². The van der Waals surface area contributed by atoms with Gasteiger partial charge in [0.15, 0.2) is 0 Å². The minimum Gasteiger partial charge on any atom is -0.283 e. The fraction of sp³-hybridized carbons (Fsp3) is 0.417. The van der Waals surface area contributed by atoms with Crippen LogP contribution in [0.5, 0.6) is 0 Å². The minimum absolute atomic E-state index is 0.175. The molecule has 1 aromatic rings. The quantitative estimate of drug-likeness (QED) is 0.752. The van der Waals surface area contributed by atoms with Gasteiger partial charge in [-0.3, -0.25) is 15.6 Å². The Balaban J connectivity index is 2.19. The van der Waals surface area contributed by atoms with E-state index < -0.39 is 15.3 Å². The highest BCUT2D eigenvalue weighted by Crippen LogP contribution is 2.19. The van der Waals surface area contributed by atoms with Gasteiger partial charge in [0.1, 0.15) is 5.25 Å². The zero-order valence-electron chi connectivity index (χ0n) is 10.7. The zero-order chi connectivity index (χ0) is 14.0. The van der Waals surface area contributed by atoms with Crippen molar-refractivity contribution in [2.45, 2.75) is 31.2 Å². The second kappa shape index (κ2) is 5.17. The molecule has 3 N–H and O–H groups in total. The highest BCUT2D eigenvalue weighted by Gasteiger charge is 2.40. The fourth-order valence-electron chi connectivity index (χ4n) is 2.24. The molecule has 1 aromatic carbocycles. The molecule has 2 rings (SSSR count). The lowest BCUT2D eigenvalue weighted by Crippen LogP contribution is -2.41. The molecule has 0 spiro atoms. The van der Waals surface area contributed by atoms with E-state index in [4.69, 9.17) is 5.26 Å². The molecule has 19 heavy (non-hydrogen) atoms. The molecule has 0 radical (unpaired) electrons. The van der Waals surface area contributed by atoms with Crippen molar-refractivity contribution >= 4 is 15.7 Å². The number of sulfonamides is 1. The van der Waals surface area contributed by atoms with Gasteiger partial charge in [-0.25, -0.2) is 8.42 Å². The highest BCUT2D eigenvalue weighted by molar-refractivity contribution is 7.93. The molecule has 2 atom stereocenters. The number of nitrogens with one attached hydrogen (secondary N) is 3. The average molecular weight is 280 g/mol. The second-order valence-corrected chi connectivity index (χ2v) is 6.51. The van der Waals surface area contributed by atoms with Crippen molar-refractivity contribution in [3.63, 3.8) is 0 Å². The number of hydrazine groups is 1. The molecule has 1 saturated heterocycles. The van der Waals surface area contributed by atoms with E-state index in [0.29, 0.717) is 11.3 Å². The average Bonchev–Trinajstić information content (AvgIpc) is 2.70. The molecule has 2 unspecified atom stereocenters. The maximum atomic E-state index is 12.3. The van der Waals surface area contributed by atoms with Gasteiger partial charge in [0, 0.05) is 17.8 Å². The van der Waals surface area contributed by atoms with Crippen molar-refractivity contribution in [3.05, 3.63) is 29.8 Å². The Hall–Kier alpha value is -1.62. The van der Waals surface area contributed by atoms with Crippen LogP contribution in [0.15, 0.2) is 24.3 Å². The molecule has 0 aromatic heterocycles. The van der Waals surface area contributed by atoms with Crippen LogP contribution >= 0.6 is 0 Å². The van der Waals surface area contributed by atoms with Crippen molar-refractivity contribution in [2.75, 3.05) is 4.72 Å². The lowest BCUT2D eigenvalue weighted by Gasteiger charge is -2.19. The topological polar surface area (TPSA) is 94.0 Å². The molecular formula is C12H16N4O2S. The van der Waals surface area contributed by atoms with E-state index in [1.165, 1.54) is 0 Å². The van der Waals surface area contributed by atoms with Crippen LogP contribution in [-0.4, -0.2) is 25.8 Å². The van der Waals surface area contributed by atoms with E-state index in [-0.39, 0.29) is 12.1 Å². The molecule has 0 saturated carbocycles. The van der Waals surface area contributed by atoms with Crippen LogP contribution in [0.1, 0.15) is 19.4 Å². The number of nitriles is 1. The smallest absolute Gasteiger partial charge is 0.238 e. The van der Waals surface area contributed by atoms with Gasteiger partial charge in [-0.05, 0) is 38.1 Å². The SMILES string of the molecule is CC1NNC(C)C1S(=O)(=O)Nc1ccc(C#N)cc1. The third-order valence-corrected chi connectivity index (χ3v) is 5.21. The Labute approximate surface area is 112 Å². The van der Waals surface area contributed by atoms with Crippen LogP contribution in [0, 0.1) is 11.3 Å². The van der Waals surface area contributed by atoms with E-state index in [2.05, 4.69) is 15.6 Å². The van der Waals surface area contributed by atoms with Gasteiger partial charge in [0.2, 0.25) is 10.0 Å². The summed E-state index contributed by atoms with van der Waals surface area (Å²) >= 11 is 0. The minimum atomic E-state index is -3.49. The Morgan fingerprint density at radius 3 is 2.16 bits per heavy atom. The maximum absolute atomic E-state index is 12.3. The van der Waals surface area contributed by atoms with Crippen LogP contribution in [-0.2, 0) is 10.0 Å². The number of nitrogens with zero attached hydrogens (tertiary/aromatic N) is 1. The highest BCUT2D eigenvalue weighted by atomic mass is 32.2. The maximum Gasteiger partial charge on any atom is 0.238 e. The van der Waals surface area contributed by atoms with Crippen LogP contribution in [0.3, 0.4) is 0 Å². The molecule has 1 aliphatic heterocycles. The number of rotatable bonds is 3. The number of benzene rings is 1. The first-order valence-corrected chi connectivity index (χ1v) is 7.51. The molecule has 0 amide bonds. The van der Waals surface area contributed by atoms with Crippen LogP contribution in [0.4, 0.5) is 5.69 Å². The molecule has 1 heterocycles. The van der Waals surface area contributed by atoms with Gasteiger partial charge in [-0.2, -0.15) is 5.26 Å². The molecular weight excluding hydrogens is 264 g/mol. The van der Waals surface area contributed by atoms with E-state index >= 15 is 0 Å². The van der Waals surface area contributed by atoms with Gasteiger partial charge >= 0.3 is 0 Å². The van der Waals surface area contributed by atoms with Crippen LogP contribution in [0.2, 0.25) is 0 Å². The lowest BCUT2D eigenvalue weighted by atomic mass is 10.2. The molecule has 1 aliphatic rings. The zero-order valence-corrected chi connectivity index (χ0v) is 11.5. The van der Waals surface area contributed by atoms with E-state index in [0.717, 1.165) is 0 Å². The fourth-order valence-corrected chi connectivity index (χ4v) is 4.05. The second-order valence-electron chi connectivity index (χ2n) is 4.67. The summed E-state index contributed by atoms with van der Waals surface area (Å²) in [5.41, 5.74) is 6.79. The number of anilines is 1. The van der Waals surface area contributed by atoms with E-state index in [9.17, 15) is 8.42 Å². The van der Waals surface area contributed by atoms with Crippen molar-refractivity contribution < 1.29 is 8.42 Å². The van der Waals surface area contributed by atoms with Gasteiger partial charge in [0.05, 0.1) is 11.6 Å². The number of hydrogen-bond donors (Lipinski definition) is 3. The van der Waals surface area contributed by atoms with Crippen molar-refractivity contribution in [1.29, 1.82) is 5.26 Å².